The number of hydrogen-bond donors (Lipinski definition) is 1. The fourth-order valence-corrected chi connectivity index (χ4v) is 6.47. The Balaban J connectivity index is 1.14. The summed E-state index contributed by atoms with van der Waals surface area (Å²) in [5.74, 6) is 1.13. The van der Waals surface area contributed by atoms with Crippen LogP contribution in [0.2, 0.25) is 5.02 Å². The van der Waals surface area contributed by atoms with Gasteiger partial charge in [-0.1, -0.05) is 22.8 Å². The van der Waals surface area contributed by atoms with Gasteiger partial charge in [0.05, 0.1) is 23.5 Å². The quantitative estimate of drug-likeness (QED) is 0.459. The molecule has 2 aromatic rings. The van der Waals surface area contributed by atoms with E-state index in [0.717, 1.165) is 61.6 Å². The second-order valence-corrected chi connectivity index (χ2v) is 12.3. The van der Waals surface area contributed by atoms with Crippen molar-refractivity contribution in [1.82, 2.24) is 9.80 Å². The molecule has 39 heavy (non-hydrogen) atoms. The second-order valence-electron chi connectivity index (χ2n) is 11.8. The molecule has 0 bridgehead atoms. The van der Waals surface area contributed by atoms with Gasteiger partial charge in [-0.25, -0.2) is 4.39 Å². The van der Waals surface area contributed by atoms with E-state index in [-0.39, 0.29) is 11.4 Å². The molecule has 0 atom stereocenters. The predicted molar refractivity (Wildman–Crippen MR) is 148 cm³/mol. The smallest absolute Gasteiger partial charge is 0.309 e. The maximum Gasteiger partial charge on any atom is 0.309 e. The fourth-order valence-electron chi connectivity index (χ4n) is 6.21. The van der Waals surface area contributed by atoms with E-state index < -0.39 is 11.4 Å². The van der Waals surface area contributed by atoms with Gasteiger partial charge in [0.1, 0.15) is 17.4 Å². The molecule has 3 aliphatic heterocycles. The average molecular weight is 556 g/mol. The number of ether oxygens (including phenoxy) is 1. The molecule has 1 aliphatic carbocycles. The fraction of sp³-hybridized carbons (Fsp3) is 0.533. The maximum atomic E-state index is 13.8. The molecule has 0 radical (unpaired) electrons. The zero-order chi connectivity index (χ0) is 27.4. The SMILES string of the molecule is CCOc1cc(CN2CC3(CC(N4CCC(C)(C(=O)O)CC4)=NO3)C2)cc(C2CC2)c1-c1ccc(F)cc1Cl. The third-order valence-corrected chi connectivity index (χ3v) is 9.03. The van der Waals surface area contributed by atoms with E-state index in [9.17, 15) is 14.3 Å². The number of likely N-dealkylation sites (tertiary alicyclic amines) is 2. The van der Waals surface area contributed by atoms with Crippen LogP contribution in [0.5, 0.6) is 5.75 Å². The van der Waals surface area contributed by atoms with Crippen LogP contribution in [0, 0.1) is 11.2 Å². The van der Waals surface area contributed by atoms with E-state index in [1.54, 1.807) is 6.07 Å². The standard InChI is InChI=1S/C30H35ClFN3O4/c1-3-38-25-13-19(12-23(20-4-5-20)27(25)22-7-6-21(32)14-24(22)31)16-34-17-30(18-34)15-26(33-39-30)35-10-8-29(2,9-11-35)28(36)37/h6-7,12-14,20H,3-5,8-11,15-18H2,1-2H3,(H,36,37). The molecule has 2 saturated heterocycles. The largest absolute Gasteiger partial charge is 0.493 e. The van der Waals surface area contributed by atoms with Gasteiger partial charge in [-0.3, -0.25) is 9.69 Å². The van der Waals surface area contributed by atoms with Gasteiger partial charge in [-0.05, 0) is 80.8 Å². The average Bonchev–Trinajstić information content (AvgIpc) is 3.63. The van der Waals surface area contributed by atoms with Crippen molar-refractivity contribution in [1.29, 1.82) is 0 Å². The summed E-state index contributed by atoms with van der Waals surface area (Å²) >= 11 is 6.50. The molecule has 0 amide bonds. The van der Waals surface area contributed by atoms with E-state index in [0.29, 0.717) is 43.5 Å². The number of carboxylic acid groups (broad SMARTS) is 1. The number of nitrogens with zero attached hydrogens (tertiary/aromatic N) is 3. The molecule has 4 aliphatic rings. The highest BCUT2D eigenvalue weighted by atomic mass is 35.5. The first kappa shape index (κ1) is 26.4. The van der Waals surface area contributed by atoms with Crippen LogP contribution >= 0.6 is 11.6 Å². The molecule has 1 saturated carbocycles. The Kier molecular flexibility index (Phi) is 6.74. The minimum Gasteiger partial charge on any atom is -0.493 e. The van der Waals surface area contributed by atoms with Crippen LogP contribution in [-0.4, -0.2) is 65.1 Å². The number of amidine groups is 1. The minimum atomic E-state index is -0.719. The van der Waals surface area contributed by atoms with Gasteiger partial charge in [0.2, 0.25) is 0 Å². The first-order valence-electron chi connectivity index (χ1n) is 13.9. The van der Waals surface area contributed by atoms with Gasteiger partial charge in [-0.15, -0.1) is 0 Å². The molecule has 208 valence electrons. The number of benzene rings is 2. The Hall–Kier alpha value is -2.84. The van der Waals surface area contributed by atoms with Gasteiger partial charge in [0, 0.05) is 43.9 Å². The molecule has 3 fully saturated rings. The van der Waals surface area contributed by atoms with E-state index in [1.807, 2.05) is 13.8 Å². The Morgan fingerprint density at radius 3 is 2.62 bits per heavy atom. The van der Waals surface area contributed by atoms with Gasteiger partial charge >= 0.3 is 5.97 Å². The van der Waals surface area contributed by atoms with Crippen LogP contribution in [0.4, 0.5) is 4.39 Å². The van der Waals surface area contributed by atoms with Crippen molar-refractivity contribution in [2.75, 3.05) is 32.8 Å². The highest BCUT2D eigenvalue weighted by Crippen LogP contribution is 2.50. The molecular formula is C30H35ClFN3O4. The van der Waals surface area contributed by atoms with E-state index >= 15 is 0 Å². The van der Waals surface area contributed by atoms with E-state index in [1.165, 1.54) is 23.3 Å². The summed E-state index contributed by atoms with van der Waals surface area (Å²) in [6.07, 6.45) is 4.25. The lowest BCUT2D eigenvalue weighted by molar-refractivity contribution is -0.150. The second kappa shape index (κ2) is 9.97. The first-order valence-corrected chi connectivity index (χ1v) is 14.3. The van der Waals surface area contributed by atoms with Gasteiger partial charge in [0.15, 0.2) is 5.60 Å². The number of hydrogen-bond acceptors (Lipinski definition) is 6. The monoisotopic (exact) mass is 555 g/mol. The normalized spacial score (nSPS) is 21.8. The number of oxime groups is 1. The van der Waals surface area contributed by atoms with Crippen LogP contribution in [0.3, 0.4) is 0 Å². The van der Waals surface area contributed by atoms with E-state index in [4.69, 9.17) is 21.2 Å². The minimum absolute atomic E-state index is 0.299. The zero-order valence-electron chi connectivity index (χ0n) is 22.5. The molecular weight excluding hydrogens is 521 g/mol. The van der Waals surface area contributed by atoms with Crippen LogP contribution in [0.25, 0.3) is 11.1 Å². The van der Waals surface area contributed by atoms with Crippen LogP contribution in [-0.2, 0) is 16.2 Å². The van der Waals surface area contributed by atoms with Crippen molar-refractivity contribution in [2.24, 2.45) is 10.6 Å². The molecule has 1 spiro atoms. The summed E-state index contributed by atoms with van der Waals surface area (Å²) in [5.41, 5.74) is 3.24. The van der Waals surface area contributed by atoms with Gasteiger partial charge < -0.3 is 19.6 Å². The Labute approximate surface area is 233 Å². The summed E-state index contributed by atoms with van der Waals surface area (Å²) in [5, 5.41) is 14.3. The molecule has 0 aromatic heterocycles. The lowest BCUT2D eigenvalue weighted by Gasteiger charge is -2.45. The summed E-state index contributed by atoms with van der Waals surface area (Å²) in [6.45, 7) is 8.07. The topological polar surface area (TPSA) is 74.6 Å². The Morgan fingerprint density at radius 1 is 1.23 bits per heavy atom. The number of piperidine rings is 1. The molecule has 2 aromatic carbocycles. The van der Waals surface area contributed by atoms with E-state index in [2.05, 4.69) is 27.1 Å². The lowest BCUT2D eigenvalue weighted by Crippen LogP contribution is -2.61. The highest BCUT2D eigenvalue weighted by Gasteiger charge is 2.51. The maximum absolute atomic E-state index is 13.8. The lowest BCUT2D eigenvalue weighted by atomic mass is 9.80. The highest BCUT2D eigenvalue weighted by molar-refractivity contribution is 6.33. The van der Waals surface area contributed by atoms with Crippen LogP contribution < -0.4 is 4.74 Å². The van der Waals surface area contributed by atoms with Crippen molar-refractivity contribution in [2.45, 2.75) is 64.0 Å². The summed E-state index contributed by atoms with van der Waals surface area (Å²) in [7, 11) is 0. The van der Waals surface area contributed by atoms with Crippen LogP contribution in [0.1, 0.15) is 63.0 Å². The number of aliphatic carboxylic acids is 1. The van der Waals surface area contributed by atoms with Gasteiger partial charge in [-0.2, -0.15) is 0 Å². The number of rotatable bonds is 7. The van der Waals surface area contributed by atoms with Crippen molar-refractivity contribution in [3.05, 3.63) is 52.3 Å². The number of carboxylic acids is 1. The summed E-state index contributed by atoms with van der Waals surface area (Å²) in [4.78, 5) is 22.1. The van der Waals surface area contributed by atoms with Crippen molar-refractivity contribution < 1.29 is 23.9 Å². The molecule has 9 heteroatoms. The van der Waals surface area contributed by atoms with Crippen molar-refractivity contribution >= 4 is 23.4 Å². The molecule has 7 nitrogen and oxygen atoms in total. The first-order chi connectivity index (χ1) is 18.7. The molecule has 3 heterocycles. The molecule has 1 N–H and O–H groups in total. The third-order valence-electron chi connectivity index (χ3n) is 8.71. The summed E-state index contributed by atoms with van der Waals surface area (Å²) in [6, 6.07) is 8.93. The van der Waals surface area contributed by atoms with Crippen molar-refractivity contribution in [3.8, 4) is 16.9 Å². The Bertz CT molecular complexity index is 1310. The summed E-state index contributed by atoms with van der Waals surface area (Å²) < 4.78 is 19.9. The van der Waals surface area contributed by atoms with Crippen LogP contribution in [0.15, 0.2) is 35.5 Å². The van der Waals surface area contributed by atoms with Crippen molar-refractivity contribution in [3.63, 3.8) is 0 Å². The molecule has 0 unspecified atom stereocenters. The van der Waals surface area contributed by atoms with Gasteiger partial charge in [0.25, 0.3) is 0 Å². The third kappa shape index (κ3) is 5.09. The number of halogens is 2. The zero-order valence-corrected chi connectivity index (χ0v) is 23.3. The molecule has 6 rings (SSSR count). The predicted octanol–water partition coefficient (Wildman–Crippen LogP) is 5.90. The number of carbonyl (C=O) groups is 1. The Morgan fingerprint density at radius 2 is 1.97 bits per heavy atom.